The lowest BCUT2D eigenvalue weighted by Gasteiger charge is -2.13. The molecule has 2 heterocycles. The van der Waals surface area contributed by atoms with E-state index in [0.717, 1.165) is 19.4 Å². The number of nitrogens with zero attached hydrogens (tertiary/aromatic N) is 4. The van der Waals surface area contributed by atoms with Crippen LogP contribution in [0.25, 0.3) is 16.6 Å². The van der Waals surface area contributed by atoms with Crippen LogP contribution in [-0.2, 0) is 13.0 Å². The third-order valence-electron chi connectivity index (χ3n) is 6.47. The topological polar surface area (TPSA) is 64.7 Å². The number of rotatable bonds is 8. The van der Waals surface area contributed by atoms with Crippen LogP contribution < -0.4 is 5.32 Å². The Balaban J connectivity index is 1.26. The number of fused-ring (bicyclic) bond motifs is 1. The minimum atomic E-state index is -0.327. The Morgan fingerprint density at radius 3 is 2.50 bits per heavy atom. The van der Waals surface area contributed by atoms with E-state index in [1.807, 2.05) is 13.0 Å². The van der Waals surface area contributed by atoms with E-state index < -0.39 is 0 Å². The summed E-state index contributed by atoms with van der Waals surface area (Å²) in [5.74, 6) is -0.591. The summed E-state index contributed by atoms with van der Waals surface area (Å²) in [7, 11) is 0. The van der Waals surface area contributed by atoms with E-state index in [-0.39, 0.29) is 23.5 Å². The van der Waals surface area contributed by atoms with E-state index in [1.54, 1.807) is 23.7 Å². The maximum atomic E-state index is 13.3. The van der Waals surface area contributed by atoms with Crippen molar-refractivity contribution >= 4 is 16.8 Å². The summed E-state index contributed by atoms with van der Waals surface area (Å²) in [6.07, 6.45) is 3.85. The SMILES string of the molecule is Cc1c(C(=O)NC(C)CCc2cn(Cc3ccccc3)c3ccccc23)nnn1-c1ccc(F)cc1. The largest absolute Gasteiger partial charge is 0.348 e. The van der Waals surface area contributed by atoms with Crippen molar-refractivity contribution < 1.29 is 9.18 Å². The monoisotopic (exact) mass is 481 g/mol. The highest BCUT2D eigenvalue weighted by atomic mass is 19.1. The number of carbonyl (C=O) groups excluding carboxylic acids is 1. The second-order valence-electron chi connectivity index (χ2n) is 9.11. The van der Waals surface area contributed by atoms with Gasteiger partial charge in [0.05, 0.1) is 11.4 Å². The quantitative estimate of drug-likeness (QED) is 0.320. The standard InChI is InChI=1S/C29H28FN5O/c1-20(31-29(36)28-21(2)35(33-32-28)25-16-14-24(30)15-17-25)12-13-23-19-34(18-22-8-4-3-5-9-22)27-11-7-6-10-26(23)27/h3-11,14-17,19-20H,12-13,18H2,1-2H3,(H,31,36). The zero-order chi connectivity index (χ0) is 25.1. The van der Waals surface area contributed by atoms with E-state index in [9.17, 15) is 9.18 Å². The van der Waals surface area contributed by atoms with Crippen LogP contribution in [0.15, 0.2) is 85.1 Å². The van der Waals surface area contributed by atoms with Gasteiger partial charge < -0.3 is 9.88 Å². The highest BCUT2D eigenvalue weighted by Gasteiger charge is 2.19. The predicted molar refractivity (Wildman–Crippen MR) is 139 cm³/mol. The fourth-order valence-corrected chi connectivity index (χ4v) is 4.54. The highest BCUT2D eigenvalue weighted by Crippen LogP contribution is 2.24. The zero-order valence-electron chi connectivity index (χ0n) is 20.4. The second-order valence-corrected chi connectivity index (χ2v) is 9.11. The van der Waals surface area contributed by atoms with Crippen molar-refractivity contribution in [1.82, 2.24) is 24.9 Å². The van der Waals surface area contributed by atoms with Gasteiger partial charge in [-0.05, 0) is 68.1 Å². The summed E-state index contributed by atoms with van der Waals surface area (Å²) < 4.78 is 17.1. The van der Waals surface area contributed by atoms with Gasteiger partial charge in [0.15, 0.2) is 5.69 Å². The Labute approximate surface area is 209 Å². The molecule has 1 amide bonds. The first-order valence-corrected chi connectivity index (χ1v) is 12.1. The number of halogens is 1. The predicted octanol–water partition coefficient (Wildman–Crippen LogP) is 5.47. The van der Waals surface area contributed by atoms with Gasteiger partial charge in [0.25, 0.3) is 5.91 Å². The molecule has 6 nitrogen and oxygen atoms in total. The van der Waals surface area contributed by atoms with E-state index in [0.29, 0.717) is 11.4 Å². The third kappa shape index (κ3) is 4.91. The van der Waals surface area contributed by atoms with Gasteiger partial charge in [0, 0.05) is 29.7 Å². The molecule has 0 radical (unpaired) electrons. The van der Waals surface area contributed by atoms with E-state index in [1.165, 1.54) is 34.2 Å². The molecule has 0 aliphatic carbocycles. The van der Waals surface area contributed by atoms with Crippen LogP contribution in [0.5, 0.6) is 0 Å². The van der Waals surface area contributed by atoms with Gasteiger partial charge >= 0.3 is 0 Å². The molecule has 182 valence electrons. The molecular weight excluding hydrogens is 453 g/mol. The van der Waals surface area contributed by atoms with Gasteiger partial charge in [-0.3, -0.25) is 4.79 Å². The molecule has 0 fully saturated rings. The number of amides is 1. The number of benzene rings is 3. The van der Waals surface area contributed by atoms with Crippen molar-refractivity contribution in [3.8, 4) is 5.69 Å². The molecule has 0 bridgehead atoms. The molecule has 0 aliphatic heterocycles. The summed E-state index contributed by atoms with van der Waals surface area (Å²) in [6, 6.07) is 24.8. The summed E-state index contributed by atoms with van der Waals surface area (Å²) in [4.78, 5) is 12.9. The molecule has 5 rings (SSSR count). The molecule has 3 aromatic carbocycles. The molecule has 0 spiro atoms. The fourth-order valence-electron chi connectivity index (χ4n) is 4.54. The van der Waals surface area contributed by atoms with Crippen LogP contribution >= 0.6 is 0 Å². The first-order chi connectivity index (χ1) is 17.5. The van der Waals surface area contributed by atoms with Crippen LogP contribution in [-0.4, -0.2) is 31.5 Å². The molecule has 1 N–H and O–H groups in total. The number of hydrogen-bond donors (Lipinski definition) is 1. The molecule has 2 aromatic heterocycles. The van der Waals surface area contributed by atoms with Crippen molar-refractivity contribution in [3.05, 3.63) is 113 Å². The Morgan fingerprint density at radius 1 is 1.00 bits per heavy atom. The number of para-hydroxylation sites is 1. The maximum absolute atomic E-state index is 13.3. The fraction of sp³-hybridized carbons (Fsp3) is 0.207. The number of carbonyl (C=O) groups is 1. The summed E-state index contributed by atoms with van der Waals surface area (Å²) in [6.45, 7) is 4.60. The number of nitrogens with one attached hydrogen (secondary N) is 1. The van der Waals surface area contributed by atoms with Gasteiger partial charge in [-0.25, -0.2) is 9.07 Å². The first-order valence-electron chi connectivity index (χ1n) is 12.1. The third-order valence-corrected chi connectivity index (χ3v) is 6.47. The molecule has 0 saturated heterocycles. The van der Waals surface area contributed by atoms with Gasteiger partial charge in [0.2, 0.25) is 0 Å². The first kappa shape index (κ1) is 23.5. The lowest BCUT2D eigenvalue weighted by Crippen LogP contribution is -2.33. The van der Waals surface area contributed by atoms with Gasteiger partial charge in [-0.2, -0.15) is 0 Å². The van der Waals surface area contributed by atoms with Gasteiger partial charge in [-0.15, -0.1) is 5.10 Å². The Hall–Kier alpha value is -4.26. The Kier molecular flexibility index (Phi) is 6.62. The Bertz CT molecular complexity index is 1490. The second kappa shape index (κ2) is 10.2. The smallest absolute Gasteiger partial charge is 0.273 e. The molecular formula is C29H28FN5O. The van der Waals surface area contributed by atoms with E-state index in [4.69, 9.17) is 0 Å². The lowest BCUT2D eigenvalue weighted by atomic mass is 10.1. The molecule has 0 aliphatic rings. The van der Waals surface area contributed by atoms with Crippen molar-refractivity contribution in [2.75, 3.05) is 0 Å². The maximum Gasteiger partial charge on any atom is 0.273 e. The molecule has 7 heteroatoms. The van der Waals surface area contributed by atoms with Crippen LogP contribution in [0.2, 0.25) is 0 Å². The normalized spacial score (nSPS) is 12.1. The zero-order valence-corrected chi connectivity index (χ0v) is 20.4. The number of aromatic nitrogens is 4. The molecule has 0 saturated carbocycles. The van der Waals surface area contributed by atoms with Gasteiger partial charge in [-0.1, -0.05) is 53.7 Å². The average Bonchev–Trinajstić information content (AvgIpc) is 3.44. The van der Waals surface area contributed by atoms with Crippen molar-refractivity contribution in [1.29, 1.82) is 0 Å². The van der Waals surface area contributed by atoms with Crippen LogP contribution in [0.1, 0.15) is 40.7 Å². The van der Waals surface area contributed by atoms with E-state index >= 15 is 0 Å². The Morgan fingerprint density at radius 2 is 1.72 bits per heavy atom. The molecule has 36 heavy (non-hydrogen) atoms. The minimum Gasteiger partial charge on any atom is -0.348 e. The van der Waals surface area contributed by atoms with E-state index in [2.05, 4.69) is 74.9 Å². The summed E-state index contributed by atoms with van der Waals surface area (Å²) >= 11 is 0. The van der Waals surface area contributed by atoms with Gasteiger partial charge in [0.1, 0.15) is 5.82 Å². The van der Waals surface area contributed by atoms with Crippen molar-refractivity contribution in [2.24, 2.45) is 0 Å². The summed E-state index contributed by atoms with van der Waals surface area (Å²) in [5, 5.41) is 12.5. The number of aryl methyl sites for hydroxylation is 1. The molecule has 1 atom stereocenters. The van der Waals surface area contributed by atoms with Crippen LogP contribution in [0, 0.1) is 12.7 Å². The van der Waals surface area contributed by atoms with Crippen molar-refractivity contribution in [2.45, 2.75) is 39.3 Å². The highest BCUT2D eigenvalue weighted by molar-refractivity contribution is 5.93. The summed E-state index contributed by atoms with van der Waals surface area (Å²) in [5.41, 5.74) is 5.26. The molecule has 5 aromatic rings. The molecule has 1 unspecified atom stereocenters. The van der Waals surface area contributed by atoms with Crippen molar-refractivity contribution in [3.63, 3.8) is 0 Å². The lowest BCUT2D eigenvalue weighted by molar-refractivity contribution is 0.0932. The van der Waals surface area contributed by atoms with Crippen LogP contribution in [0.4, 0.5) is 4.39 Å². The average molecular weight is 482 g/mol. The minimum absolute atomic E-state index is 0.0518. The number of hydrogen-bond acceptors (Lipinski definition) is 3. The van der Waals surface area contributed by atoms with Crippen LogP contribution in [0.3, 0.4) is 0 Å².